The van der Waals surface area contributed by atoms with E-state index in [1.807, 2.05) is 12.3 Å². The third-order valence-corrected chi connectivity index (χ3v) is 5.44. The van der Waals surface area contributed by atoms with Gasteiger partial charge in [0.05, 0.1) is 5.52 Å². The molecule has 0 spiro atoms. The Bertz CT molecular complexity index is 709. The average Bonchev–Trinajstić information content (AvgIpc) is 2.67. The zero-order valence-corrected chi connectivity index (χ0v) is 15.9. The molecule has 2 aromatic rings. The van der Waals surface area contributed by atoms with Gasteiger partial charge in [-0.2, -0.15) is 0 Å². The molecule has 0 atom stereocenters. The van der Waals surface area contributed by atoms with Gasteiger partial charge >= 0.3 is 0 Å². The summed E-state index contributed by atoms with van der Waals surface area (Å²) in [4.78, 5) is 18.6. The molecule has 1 heterocycles. The SMILES string of the molecule is CN(CCNC(=O)CCC1CCCCC1)Cc1ccc2ncccc2c1. The third kappa shape index (κ3) is 5.80. The van der Waals surface area contributed by atoms with Crippen LogP contribution in [0, 0.1) is 5.92 Å². The number of rotatable bonds is 8. The topological polar surface area (TPSA) is 45.2 Å². The van der Waals surface area contributed by atoms with Crippen molar-refractivity contribution in [2.45, 2.75) is 51.5 Å². The van der Waals surface area contributed by atoms with Crippen molar-refractivity contribution in [3.05, 3.63) is 42.1 Å². The highest BCUT2D eigenvalue weighted by Gasteiger charge is 2.14. The van der Waals surface area contributed by atoms with Crippen molar-refractivity contribution in [3.8, 4) is 0 Å². The second kappa shape index (κ2) is 9.67. The van der Waals surface area contributed by atoms with Gasteiger partial charge in [-0.25, -0.2) is 0 Å². The van der Waals surface area contributed by atoms with E-state index in [0.29, 0.717) is 6.42 Å². The molecule has 1 fully saturated rings. The van der Waals surface area contributed by atoms with E-state index in [1.165, 1.54) is 43.1 Å². The lowest BCUT2D eigenvalue weighted by atomic mass is 9.86. The third-order valence-electron chi connectivity index (χ3n) is 5.44. The molecule has 4 heteroatoms. The van der Waals surface area contributed by atoms with E-state index in [-0.39, 0.29) is 5.91 Å². The van der Waals surface area contributed by atoms with Crippen LogP contribution in [0.4, 0.5) is 0 Å². The maximum Gasteiger partial charge on any atom is 0.220 e. The van der Waals surface area contributed by atoms with Gasteiger partial charge in [0, 0.05) is 37.6 Å². The maximum absolute atomic E-state index is 12.0. The summed E-state index contributed by atoms with van der Waals surface area (Å²) in [6.07, 6.45) is 10.3. The molecule has 140 valence electrons. The molecule has 1 aromatic heterocycles. The largest absolute Gasteiger partial charge is 0.355 e. The first-order valence-corrected chi connectivity index (χ1v) is 9.99. The van der Waals surface area contributed by atoms with Crippen molar-refractivity contribution < 1.29 is 4.79 Å². The Labute approximate surface area is 157 Å². The molecule has 1 aromatic carbocycles. The minimum absolute atomic E-state index is 0.209. The molecule has 1 aliphatic rings. The molecule has 1 aliphatic carbocycles. The zero-order chi connectivity index (χ0) is 18.2. The number of hydrogen-bond donors (Lipinski definition) is 1. The van der Waals surface area contributed by atoms with Gasteiger partial charge in [-0.15, -0.1) is 0 Å². The number of nitrogens with one attached hydrogen (secondary N) is 1. The lowest BCUT2D eigenvalue weighted by Crippen LogP contribution is -2.32. The number of nitrogens with zero attached hydrogens (tertiary/aromatic N) is 2. The number of carbonyl (C=O) groups is 1. The van der Waals surface area contributed by atoms with Crippen molar-refractivity contribution in [2.24, 2.45) is 5.92 Å². The lowest BCUT2D eigenvalue weighted by Gasteiger charge is -2.21. The van der Waals surface area contributed by atoms with Crippen molar-refractivity contribution in [3.63, 3.8) is 0 Å². The van der Waals surface area contributed by atoms with Crippen LogP contribution in [-0.4, -0.2) is 35.9 Å². The van der Waals surface area contributed by atoms with Gasteiger partial charge in [-0.1, -0.05) is 44.2 Å². The Kier molecular flexibility index (Phi) is 7.01. The van der Waals surface area contributed by atoms with Gasteiger partial charge in [0.15, 0.2) is 0 Å². The first kappa shape index (κ1) is 18.8. The molecule has 1 amide bonds. The van der Waals surface area contributed by atoms with Crippen LogP contribution >= 0.6 is 0 Å². The average molecular weight is 354 g/mol. The normalized spacial score (nSPS) is 15.5. The first-order chi connectivity index (χ1) is 12.7. The number of benzene rings is 1. The van der Waals surface area contributed by atoms with Crippen LogP contribution in [0.3, 0.4) is 0 Å². The Morgan fingerprint density at radius 2 is 2.08 bits per heavy atom. The van der Waals surface area contributed by atoms with Crippen LogP contribution in [0.2, 0.25) is 0 Å². The van der Waals surface area contributed by atoms with E-state index < -0.39 is 0 Å². The van der Waals surface area contributed by atoms with Crippen molar-refractivity contribution in [1.29, 1.82) is 0 Å². The highest BCUT2D eigenvalue weighted by atomic mass is 16.1. The number of likely N-dealkylation sites (N-methyl/N-ethyl adjacent to an activating group) is 1. The summed E-state index contributed by atoms with van der Waals surface area (Å²) in [6.45, 7) is 2.46. The molecule has 1 N–H and O–H groups in total. The van der Waals surface area contributed by atoms with E-state index in [0.717, 1.165) is 37.5 Å². The van der Waals surface area contributed by atoms with E-state index in [2.05, 4.69) is 46.5 Å². The fraction of sp³-hybridized carbons (Fsp3) is 0.545. The Morgan fingerprint density at radius 3 is 2.92 bits per heavy atom. The quantitative estimate of drug-likeness (QED) is 0.776. The molecule has 1 saturated carbocycles. The molecular formula is C22H31N3O. The lowest BCUT2D eigenvalue weighted by molar-refractivity contribution is -0.121. The van der Waals surface area contributed by atoms with E-state index in [4.69, 9.17) is 0 Å². The zero-order valence-electron chi connectivity index (χ0n) is 15.9. The standard InChI is InChI=1S/C22H31N3O/c1-25(17-19-9-11-21-20(16-19)8-5-13-23-21)15-14-24-22(26)12-10-18-6-3-2-4-7-18/h5,8-9,11,13,16,18H,2-4,6-7,10,12,14-15,17H2,1H3,(H,24,26). The van der Waals surface area contributed by atoms with Crippen molar-refractivity contribution >= 4 is 16.8 Å². The van der Waals surface area contributed by atoms with Crippen LogP contribution in [0.15, 0.2) is 36.5 Å². The first-order valence-electron chi connectivity index (χ1n) is 9.99. The van der Waals surface area contributed by atoms with Crippen LogP contribution in [0.25, 0.3) is 10.9 Å². The Balaban J connectivity index is 1.35. The highest BCUT2D eigenvalue weighted by Crippen LogP contribution is 2.27. The number of hydrogen-bond acceptors (Lipinski definition) is 3. The van der Waals surface area contributed by atoms with Crippen LogP contribution in [0.5, 0.6) is 0 Å². The minimum atomic E-state index is 0.209. The summed E-state index contributed by atoms with van der Waals surface area (Å²) in [5, 5.41) is 4.25. The van der Waals surface area contributed by atoms with Gasteiger partial charge in [0.1, 0.15) is 0 Å². The van der Waals surface area contributed by atoms with Gasteiger partial charge < -0.3 is 10.2 Å². The number of fused-ring (bicyclic) bond motifs is 1. The molecule has 0 unspecified atom stereocenters. The van der Waals surface area contributed by atoms with E-state index in [9.17, 15) is 4.79 Å². The molecule has 0 aliphatic heterocycles. The monoisotopic (exact) mass is 353 g/mol. The fourth-order valence-electron chi connectivity index (χ4n) is 3.90. The molecule has 3 rings (SSSR count). The predicted molar refractivity (Wildman–Crippen MR) is 107 cm³/mol. The summed E-state index contributed by atoms with van der Waals surface area (Å²) < 4.78 is 0. The second-order valence-electron chi connectivity index (χ2n) is 7.66. The van der Waals surface area contributed by atoms with Gasteiger partial charge in [0.25, 0.3) is 0 Å². The predicted octanol–water partition coefficient (Wildman–Crippen LogP) is 4.14. The molecular weight excluding hydrogens is 322 g/mol. The smallest absolute Gasteiger partial charge is 0.220 e. The summed E-state index contributed by atoms with van der Waals surface area (Å²) >= 11 is 0. The molecule has 0 bridgehead atoms. The Hall–Kier alpha value is -1.94. The molecule has 4 nitrogen and oxygen atoms in total. The summed E-state index contributed by atoms with van der Waals surface area (Å²) in [7, 11) is 2.10. The Morgan fingerprint density at radius 1 is 1.23 bits per heavy atom. The number of amides is 1. The van der Waals surface area contributed by atoms with Gasteiger partial charge in [-0.3, -0.25) is 9.78 Å². The highest BCUT2D eigenvalue weighted by molar-refractivity contribution is 5.78. The number of pyridine rings is 1. The maximum atomic E-state index is 12.0. The molecule has 0 saturated heterocycles. The fourth-order valence-corrected chi connectivity index (χ4v) is 3.90. The van der Waals surface area contributed by atoms with Crippen LogP contribution < -0.4 is 5.32 Å². The van der Waals surface area contributed by atoms with Crippen molar-refractivity contribution in [2.75, 3.05) is 20.1 Å². The summed E-state index contributed by atoms with van der Waals surface area (Å²) in [5.74, 6) is 0.986. The summed E-state index contributed by atoms with van der Waals surface area (Å²) in [6, 6.07) is 10.5. The van der Waals surface area contributed by atoms with Gasteiger partial charge in [0.2, 0.25) is 5.91 Å². The minimum Gasteiger partial charge on any atom is -0.355 e. The second-order valence-corrected chi connectivity index (χ2v) is 7.66. The van der Waals surface area contributed by atoms with E-state index in [1.54, 1.807) is 0 Å². The number of aromatic nitrogens is 1. The van der Waals surface area contributed by atoms with Crippen molar-refractivity contribution in [1.82, 2.24) is 15.2 Å². The summed E-state index contributed by atoms with van der Waals surface area (Å²) in [5.41, 5.74) is 2.31. The van der Waals surface area contributed by atoms with E-state index >= 15 is 0 Å². The molecule has 26 heavy (non-hydrogen) atoms. The van der Waals surface area contributed by atoms with Gasteiger partial charge in [-0.05, 0) is 43.1 Å². The van der Waals surface area contributed by atoms with Crippen LogP contribution in [-0.2, 0) is 11.3 Å². The molecule has 0 radical (unpaired) electrons. The van der Waals surface area contributed by atoms with Crippen LogP contribution in [0.1, 0.15) is 50.5 Å². The number of carbonyl (C=O) groups excluding carboxylic acids is 1.